The number of fused-ring (bicyclic) bond motifs is 9. The second kappa shape index (κ2) is 17.4. The van der Waals surface area contributed by atoms with Crippen LogP contribution in [-0.4, -0.2) is 6.29 Å². The van der Waals surface area contributed by atoms with Crippen LogP contribution in [0.4, 0.5) is 0 Å². The lowest BCUT2D eigenvalue weighted by Crippen LogP contribution is -2.37. The average Bonchev–Trinajstić information content (AvgIpc) is 3.90. The number of carbonyl (C=O) groups excluding carboxylic acids is 1. The van der Waals surface area contributed by atoms with E-state index in [0.29, 0.717) is 18.3 Å². The number of benzene rings is 6. The minimum absolute atomic E-state index is 0.0104. The van der Waals surface area contributed by atoms with E-state index < -0.39 is 0 Å². The largest absolute Gasteiger partial charge is 0.303 e. The third-order valence-corrected chi connectivity index (χ3v) is 17.0. The molecule has 0 N–H and O–H groups in total. The van der Waals surface area contributed by atoms with Crippen LogP contribution in [0.2, 0.25) is 0 Å². The van der Waals surface area contributed by atoms with Crippen LogP contribution in [0.1, 0.15) is 148 Å². The highest BCUT2D eigenvalue weighted by Crippen LogP contribution is 2.61. The van der Waals surface area contributed by atoms with E-state index in [9.17, 15) is 4.79 Å². The van der Waals surface area contributed by atoms with Crippen LogP contribution < -0.4 is 10.4 Å². The van der Waals surface area contributed by atoms with Gasteiger partial charge in [-0.1, -0.05) is 234 Å². The van der Waals surface area contributed by atoms with Crippen LogP contribution in [0.15, 0.2) is 168 Å². The van der Waals surface area contributed by atoms with E-state index in [2.05, 4.69) is 223 Å². The summed E-state index contributed by atoms with van der Waals surface area (Å²) in [6, 6.07) is 44.8. The van der Waals surface area contributed by atoms with Crippen LogP contribution in [0.25, 0.3) is 49.7 Å². The Morgan fingerprint density at radius 1 is 0.486 bits per heavy atom. The Labute approximate surface area is 430 Å². The topological polar surface area (TPSA) is 17.1 Å². The zero-order valence-electron chi connectivity index (χ0n) is 45.1. The Morgan fingerprint density at radius 3 is 1.58 bits per heavy atom. The quantitative estimate of drug-likeness (QED) is 0.115. The molecule has 1 heteroatoms. The van der Waals surface area contributed by atoms with Crippen molar-refractivity contribution in [2.24, 2.45) is 17.8 Å². The first kappa shape index (κ1) is 48.0. The van der Waals surface area contributed by atoms with Crippen molar-refractivity contribution in [3.8, 4) is 22.3 Å². The van der Waals surface area contributed by atoms with E-state index in [4.69, 9.17) is 0 Å². The Bertz CT molecular complexity index is 3460. The molecule has 5 aliphatic rings. The van der Waals surface area contributed by atoms with Crippen molar-refractivity contribution in [1.29, 1.82) is 0 Å². The molecule has 0 saturated carbocycles. The van der Waals surface area contributed by atoms with Gasteiger partial charge in [-0.3, -0.25) is 0 Å². The molecule has 0 bridgehead atoms. The highest BCUT2D eigenvalue weighted by atomic mass is 16.1. The fourth-order valence-electron chi connectivity index (χ4n) is 13.1. The second-order valence-corrected chi connectivity index (χ2v) is 25.9. The summed E-state index contributed by atoms with van der Waals surface area (Å²) >= 11 is 0. The van der Waals surface area contributed by atoms with E-state index in [1.807, 2.05) is 6.08 Å². The molecule has 6 aromatic rings. The SMILES string of the molecule is CC(C)(C)c1cc(-c2c3c(c(-c4cc(C(C)(C)C)cc(C(C)(C)C)c4)c4ccccc24)C2=CC=C4C5=C(CC6C(=C5)C(C/C=C\CC=O)=c5ccccc5=C6c5ccccc5)CC4C2C3)cc(C(C)(C)C)c1. The second-order valence-electron chi connectivity index (χ2n) is 25.9. The first-order valence-corrected chi connectivity index (χ1v) is 26.9. The summed E-state index contributed by atoms with van der Waals surface area (Å²) in [6.07, 6.45) is 17.4. The molecule has 364 valence electrons. The van der Waals surface area contributed by atoms with Crippen molar-refractivity contribution in [2.45, 2.75) is 137 Å². The molecule has 0 fully saturated rings. The highest BCUT2D eigenvalue weighted by molar-refractivity contribution is 6.12. The summed E-state index contributed by atoms with van der Waals surface area (Å²) in [7, 11) is 0. The van der Waals surface area contributed by atoms with Crippen LogP contribution in [0.5, 0.6) is 0 Å². The zero-order chi connectivity index (χ0) is 50.6. The number of aldehydes is 1. The van der Waals surface area contributed by atoms with E-state index >= 15 is 0 Å². The van der Waals surface area contributed by atoms with Crippen LogP contribution in [0.3, 0.4) is 0 Å². The molecule has 0 aliphatic heterocycles. The van der Waals surface area contributed by atoms with Gasteiger partial charge in [0, 0.05) is 12.3 Å². The number of carbonyl (C=O) groups is 1. The molecule has 0 amide bonds. The molecular formula is C71H74O. The summed E-state index contributed by atoms with van der Waals surface area (Å²) in [5.74, 6) is 0.997. The first-order valence-electron chi connectivity index (χ1n) is 26.9. The van der Waals surface area contributed by atoms with Gasteiger partial charge in [0.2, 0.25) is 0 Å². The Morgan fingerprint density at radius 2 is 1.00 bits per heavy atom. The van der Waals surface area contributed by atoms with E-state index in [1.54, 1.807) is 5.57 Å². The van der Waals surface area contributed by atoms with Crippen molar-refractivity contribution in [3.63, 3.8) is 0 Å². The maximum absolute atomic E-state index is 11.4. The van der Waals surface area contributed by atoms with Crippen LogP contribution in [0, 0.1) is 17.8 Å². The smallest absolute Gasteiger partial charge is 0.123 e. The third-order valence-electron chi connectivity index (χ3n) is 17.0. The van der Waals surface area contributed by atoms with Crippen LogP contribution in [-0.2, 0) is 32.9 Å². The standard InChI is InChI=1S/C71H74O/c1-68(2,3)47-33-45(34-48(39-47)69(4,5)6)65-55-28-20-21-29-56(55)66(46-35-49(70(7,8)9)40-50(36-46)71(10,11)12)67-57-31-30-53-58-41-60-52(25-17-14-22-32-72)51-26-18-19-27-54(51)64(43-23-15-13-16-24-43)62(60)38-44(58)37-59(53)61(57)42-63(65)67/h13-21,23-24,26-36,39-41,59,61-62H,22,25,37-38,42H2,1-12H3/b17-14-. The van der Waals surface area contributed by atoms with Gasteiger partial charge in [-0.2, -0.15) is 0 Å². The molecule has 0 saturated heterocycles. The Kier molecular flexibility index (Phi) is 11.6. The molecule has 0 radical (unpaired) electrons. The van der Waals surface area contributed by atoms with Crippen LogP contribution >= 0.6 is 0 Å². The maximum atomic E-state index is 11.4. The molecule has 11 rings (SSSR count). The zero-order valence-corrected chi connectivity index (χ0v) is 45.1. The average molecular weight is 943 g/mol. The lowest BCUT2D eigenvalue weighted by atomic mass is 9.70. The summed E-state index contributed by atoms with van der Waals surface area (Å²) in [5.41, 5.74) is 25.8. The molecular weight excluding hydrogens is 869 g/mol. The predicted molar refractivity (Wildman–Crippen MR) is 307 cm³/mol. The van der Waals surface area contributed by atoms with Gasteiger partial charge in [0.05, 0.1) is 0 Å². The van der Waals surface area contributed by atoms with Crippen molar-refractivity contribution >= 4 is 33.8 Å². The summed E-state index contributed by atoms with van der Waals surface area (Å²) in [6.45, 7) is 28.5. The number of rotatable bonds is 7. The van der Waals surface area contributed by atoms with Gasteiger partial charge in [0.25, 0.3) is 0 Å². The van der Waals surface area contributed by atoms with Gasteiger partial charge in [0.1, 0.15) is 6.29 Å². The minimum atomic E-state index is -0.0154. The number of hydrogen-bond donors (Lipinski definition) is 0. The summed E-state index contributed by atoms with van der Waals surface area (Å²) in [4.78, 5) is 11.4. The normalized spacial score (nSPS) is 19.6. The van der Waals surface area contributed by atoms with Crippen molar-refractivity contribution in [3.05, 3.63) is 217 Å². The van der Waals surface area contributed by atoms with Gasteiger partial charge in [-0.05, 0) is 175 Å². The number of hydrogen-bond acceptors (Lipinski definition) is 1. The molecule has 1 nitrogen and oxygen atoms in total. The Balaban J connectivity index is 1.14. The van der Waals surface area contributed by atoms with E-state index in [0.717, 1.165) is 32.0 Å². The lowest BCUT2D eigenvalue weighted by molar-refractivity contribution is -0.107. The monoisotopic (exact) mass is 943 g/mol. The lowest BCUT2D eigenvalue weighted by Gasteiger charge is -2.33. The van der Waals surface area contributed by atoms with E-state index in [1.165, 1.54) is 116 Å². The van der Waals surface area contributed by atoms with Gasteiger partial charge >= 0.3 is 0 Å². The van der Waals surface area contributed by atoms with Crippen molar-refractivity contribution < 1.29 is 4.79 Å². The van der Waals surface area contributed by atoms with Gasteiger partial charge < -0.3 is 4.79 Å². The highest BCUT2D eigenvalue weighted by Gasteiger charge is 2.46. The summed E-state index contributed by atoms with van der Waals surface area (Å²) in [5, 5.41) is 5.37. The molecule has 72 heavy (non-hydrogen) atoms. The molecule has 0 spiro atoms. The predicted octanol–water partition coefficient (Wildman–Crippen LogP) is 16.7. The molecule has 0 heterocycles. The van der Waals surface area contributed by atoms with Gasteiger partial charge in [-0.15, -0.1) is 0 Å². The molecule has 0 aromatic heterocycles. The van der Waals surface area contributed by atoms with Crippen molar-refractivity contribution in [2.75, 3.05) is 0 Å². The minimum Gasteiger partial charge on any atom is -0.303 e. The number of allylic oxidation sites excluding steroid dienone is 10. The first-order chi connectivity index (χ1) is 34.2. The fraction of sp³-hybridized carbons (Fsp3) is 0.338. The fourth-order valence-corrected chi connectivity index (χ4v) is 13.1. The molecule has 6 aromatic carbocycles. The van der Waals surface area contributed by atoms with Gasteiger partial charge in [-0.25, -0.2) is 0 Å². The maximum Gasteiger partial charge on any atom is 0.123 e. The van der Waals surface area contributed by atoms with E-state index in [-0.39, 0.29) is 27.6 Å². The third kappa shape index (κ3) is 8.20. The van der Waals surface area contributed by atoms with Gasteiger partial charge in [0.15, 0.2) is 0 Å². The van der Waals surface area contributed by atoms with Crippen molar-refractivity contribution in [1.82, 2.24) is 0 Å². The summed E-state index contributed by atoms with van der Waals surface area (Å²) < 4.78 is 0. The Hall–Kier alpha value is -6.31. The molecule has 3 unspecified atom stereocenters. The molecule has 3 atom stereocenters. The molecule has 5 aliphatic carbocycles.